The van der Waals surface area contributed by atoms with Crippen molar-refractivity contribution in [2.75, 3.05) is 5.33 Å². The maximum absolute atomic E-state index is 13.2. The third-order valence-corrected chi connectivity index (χ3v) is 4.15. The van der Waals surface area contributed by atoms with Crippen LogP contribution in [-0.4, -0.2) is 5.33 Å². The van der Waals surface area contributed by atoms with Crippen LogP contribution >= 0.6 is 27.5 Å². The Morgan fingerprint density at radius 3 is 2.26 bits per heavy atom. The molecule has 0 spiro atoms. The van der Waals surface area contributed by atoms with Crippen molar-refractivity contribution in [2.24, 2.45) is 0 Å². The van der Waals surface area contributed by atoms with Crippen molar-refractivity contribution in [1.82, 2.24) is 0 Å². The van der Waals surface area contributed by atoms with Gasteiger partial charge in [0.25, 0.3) is 0 Å². The standard InChI is InChI=1S/C15H12BrClF2/c16-9-12(10-1-3-13(18)4-2-10)7-11-8-14(19)5-6-15(11)17/h1-6,8,12H,7,9H2. The molecule has 0 aliphatic carbocycles. The van der Waals surface area contributed by atoms with E-state index >= 15 is 0 Å². The Hall–Kier alpha value is -0.930. The first-order chi connectivity index (χ1) is 9.10. The predicted molar refractivity (Wildman–Crippen MR) is 78.0 cm³/mol. The normalized spacial score (nSPS) is 12.4. The smallest absolute Gasteiger partial charge is 0.123 e. The van der Waals surface area contributed by atoms with Gasteiger partial charge in [-0.25, -0.2) is 8.78 Å². The molecule has 2 rings (SSSR count). The van der Waals surface area contributed by atoms with Gasteiger partial charge in [-0.2, -0.15) is 0 Å². The summed E-state index contributed by atoms with van der Waals surface area (Å²) in [6, 6.07) is 10.7. The second kappa shape index (κ2) is 6.49. The zero-order valence-corrected chi connectivity index (χ0v) is 12.4. The van der Waals surface area contributed by atoms with Crippen molar-refractivity contribution >= 4 is 27.5 Å². The number of rotatable bonds is 4. The number of hydrogen-bond donors (Lipinski definition) is 0. The SMILES string of the molecule is Fc1ccc(C(CBr)Cc2cc(F)ccc2Cl)cc1. The molecule has 0 bridgehead atoms. The summed E-state index contributed by atoms with van der Waals surface area (Å²) in [4.78, 5) is 0. The van der Waals surface area contributed by atoms with E-state index in [0.29, 0.717) is 16.8 Å². The quantitative estimate of drug-likeness (QED) is 0.656. The molecule has 0 aliphatic heterocycles. The molecule has 0 saturated heterocycles. The van der Waals surface area contributed by atoms with Gasteiger partial charge in [-0.1, -0.05) is 39.7 Å². The van der Waals surface area contributed by atoms with Crippen LogP contribution in [0.25, 0.3) is 0 Å². The summed E-state index contributed by atoms with van der Waals surface area (Å²) in [6.07, 6.45) is 0.605. The van der Waals surface area contributed by atoms with Crippen LogP contribution in [0.5, 0.6) is 0 Å². The molecule has 4 heteroatoms. The van der Waals surface area contributed by atoms with Gasteiger partial charge >= 0.3 is 0 Å². The van der Waals surface area contributed by atoms with Gasteiger partial charge in [0.15, 0.2) is 0 Å². The molecule has 0 N–H and O–H groups in total. The van der Waals surface area contributed by atoms with Crippen LogP contribution in [-0.2, 0) is 6.42 Å². The second-order valence-electron chi connectivity index (χ2n) is 4.34. The molecule has 0 fully saturated rings. The molecule has 100 valence electrons. The van der Waals surface area contributed by atoms with Gasteiger partial charge in [0, 0.05) is 10.4 Å². The summed E-state index contributed by atoms with van der Waals surface area (Å²) in [5, 5.41) is 1.25. The number of halogens is 4. The van der Waals surface area contributed by atoms with Crippen LogP contribution in [0.4, 0.5) is 8.78 Å². The van der Waals surface area contributed by atoms with Gasteiger partial charge < -0.3 is 0 Å². The first-order valence-electron chi connectivity index (χ1n) is 5.85. The molecule has 2 aromatic rings. The average Bonchev–Trinajstić information content (AvgIpc) is 2.41. The summed E-state index contributed by atoms with van der Waals surface area (Å²) in [6.45, 7) is 0. The number of benzene rings is 2. The van der Waals surface area contributed by atoms with Crippen LogP contribution in [0.3, 0.4) is 0 Å². The molecule has 1 atom stereocenters. The van der Waals surface area contributed by atoms with Crippen LogP contribution in [0.1, 0.15) is 17.0 Å². The molecule has 0 heterocycles. The second-order valence-corrected chi connectivity index (χ2v) is 5.40. The van der Waals surface area contributed by atoms with Gasteiger partial charge in [-0.3, -0.25) is 0 Å². The minimum Gasteiger partial charge on any atom is -0.207 e. The predicted octanol–water partition coefficient (Wildman–Crippen LogP) is 5.34. The molecule has 19 heavy (non-hydrogen) atoms. The van der Waals surface area contributed by atoms with Gasteiger partial charge in [0.1, 0.15) is 11.6 Å². The molecule has 0 amide bonds. The van der Waals surface area contributed by atoms with Gasteiger partial charge in [0.05, 0.1) is 0 Å². The Balaban J connectivity index is 2.23. The van der Waals surface area contributed by atoms with Gasteiger partial charge in [-0.05, 0) is 53.8 Å². The lowest BCUT2D eigenvalue weighted by molar-refractivity contribution is 0.622. The third kappa shape index (κ3) is 3.77. The van der Waals surface area contributed by atoms with Crippen molar-refractivity contribution in [3.8, 4) is 0 Å². The van der Waals surface area contributed by atoms with Crippen molar-refractivity contribution in [3.63, 3.8) is 0 Å². The first kappa shape index (κ1) is 14.5. The highest BCUT2D eigenvalue weighted by molar-refractivity contribution is 9.09. The molecule has 0 aliphatic rings. The third-order valence-electron chi connectivity index (χ3n) is 3.00. The molecule has 0 radical (unpaired) electrons. The van der Waals surface area contributed by atoms with Crippen LogP contribution in [0, 0.1) is 11.6 Å². The first-order valence-corrected chi connectivity index (χ1v) is 7.35. The monoisotopic (exact) mass is 344 g/mol. The topological polar surface area (TPSA) is 0 Å². The van der Waals surface area contributed by atoms with E-state index in [-0.39, 0.29) is 17.6 Å². The lowest BCUT2D eigenvalue weighted by Crippen LogP contribution is -2.05. The van der Waals surface area contributed by atoms with Gasteiger partial charge in [0.2, 0.25) is 0 Å². The largest absolute Gasteiger partial charge is 0.207 e. The maximum atomic E-state index is 13.2. The molecular weight excluding hydrogens is 334 g/mol. The van der Waals surface area contributed by atoms with E-state index in [1.54, 1.807) is 18.2 Å². The summed E-state index contributed by atoms with van der Waals surface area (Å²) in [5.41, 5.74) is 1.76. The van der Waals surface area contributed by atoms with Crippen LogP contribution in [0.15, 0.2) is 42.5 Å². The van der Waals surface area contributed by atoms with E-state index in [2.05, 4.69) is 15.9 Å². The summed E-state index contributed by atoms with van der Waals surface area (Å²) in [7, 11) is 0. The number of hydrogen-bond acceptors (Lipinski definition) is 0. The Labute approximate surface area is 124 Å². The summed E-state index contributed by atoms with van der Waals surface area (Å²) >= 11 is 9.51. The van der Waals surface area contributed by atoms with E-state index in [9.17, 15) is 8.78 Å². The molecule has 2 aromatic carbocycles. The lowest BCUT2D eigenvalue weighted by atomic mass is 9.93. The Bertz CT molecular complexity index is 555. The van der Waals surface area contributed by atoms with E-state index in [1.165, 1.54) is 24.3 Å². The maximum Gasteiger partial charge on any atom is 0.123 e. The van der Waals surface area contributed by atoms with Crippen LogP contribution < -0.4 is 0 Å². The summed E-state index contributed by atoms with van der Waals surface area (Å²) < 4.78 is 26.2. The van der Waals surface area contributed by atoms with Crippen molar-refractivity contribution < 1.29 is 8.78 Å². The van der Waals surface area contributed by atoms with Crippen LogP contribution in [0.2, 0.25) is 5.02 Å². The highest BCUT2D eigenvalue weighted by Gasteiger charge is 2.13. The summed E-state index contributed by atoms with van der Waals surface area (Å²) in [5.74, 6) is -0.437. The van der Waals surface area contributed by atoms with E-state index in [4.69, 9.17) is 11.6 Å². The van der Waals surface area contributed by atoms with E-state index in [1.807, 2.05) is 0 Å². The van der Waals surface area contributed by atoms with Gasteiger partial charge in [-0.15, -0.1) is 0 Å². The fraction of sp³-hybridized carbons (Fsp3) is 0.200. The molecule has 0 nitrogen and oxygen atoms in total. The zero-order chi connectivity index (χ0) is 13.8. The highest BCUT2D eigenvalue weighted by Crippen LogP contribution is 2.27. The Morgan fingerprint density at radius 2 is 1.63 bits per heavy atom. The molecule has 1 unspecified atom stereocenters. The zero-order valence-electron chi connectivity index (χ0n) is 10.0. The number of alkyl halides is 1. The van der Waals surface area contributed by atoms with Crippen molar-refractivity contribution in [3.05, 3.63) is 70.2 Å². The fourth-order valence-corrected chi connectivity index (χ4v) is 2.76. The molecule has 0 saturated carbocycles. The minimum absolute atomic E-state index is 0.125. The van der Waals surface area contributed by atoms with E-state index in [0.717, 1.165) is 11.1 Å². The van der Waals surface area contributed by atoms with E-state index < -0.39 is 0 Å². The fourth-order valence-electron chi connectivity index (χ4n) is 1.96. The Morgan fingerprint density at radius 1 is 1.00 bits per heavy atom. The highest BCUT2D eigenvalue weighted by atomic mass is 79.9. The average molecular weight is 346 g/mol. The molecule has 0 aromatic heterocycles. The van der Waals surface area contributed by atoms with Crippen molar-refractivity contribution in [1.29, 1.82) is 0 Å². The van der Waals surface area contributed by atoms with Crippen molar-refractivity contribution in [2.45, 2.75) is 12.3 Å². The Kier molecular flexibility index (Phi) is 4.94. The minimum atomic E-state index is -0.299. The lowest BCUT2D eigenvalue weighted by Gasteiger charge is -2.15. The molecular formula is C15H12BrClF2.